The van der Waals surface area contributed by atoms with E-state index in [1.54, 1.807) is 0 Å². The maximum atomic E-state index is 12.2. The molecule has 4 nitrogen and oxygen atoms in total. The summed E-state index contributed by atoms with van der Waals surface area (Å²) in [5.74, 6) is 1.65. The summed E-state index contributed by atoms with van der Waals surface area (Å²) in [6.45, 7) is 7.44. The fourth-order valence-electron chi connectivity index (χ4n) is 2.33. The summed E-state index contributed by atoms with van der Waals surface area (Å²) in [4.78, 5) is 25.3. The van der Waals surface area contributed by atoms with Crippen LogP contribution in [0.1, 0.15) is 33.3 Å². The molecule has 0 saturated heterocycles. The quantitative estimate of drug-likeness (QED) is 0.593. The third-order valence-electron chi connectivity index (χ3n) is 3.22. The van der Waals surface area contributed by atoms with Crippen LogP contribution < -0.4 is 4.90 Å². The number of ether oxygens (including phenoxy) is 1. The van der Waals surface area contributed by atoms with Gasteiger partial charge in [-0.15, -0.1) is 0 Å². The van der Waals surface area contributed by atoms with Gasteiger partial charge in [0.1, 0.15) is 18.1 Å². The maximum Gasteiger partial charge on any atom is 0.326 e. The predicted molar refractivity (Wildman–Crippen MR) is 90.4 cm³/mol. The number of hydrogen-bond donors (Lipinski definition) is 0. The molecule has 0 atom stereocenters. The van der Waals surface area contributed by atoms with Crippen LogP contribution in [0.5, 0.6) is 0 Å². The van der Waals surface area contributed by atoms with Crippen LogP contribution in [0.3, 0.4) is 0 Å². The van der Waals surface area contributed by atoms with Crippen molar-refractivity contribution in [3.8, 4) is 0 Å². The van der Waals surface area contributed by atoms with E-state index >= 15 is 0 Å². The molecule has 0 bridgehead atoms. The molecule has 0 amide bonds. The van der Waals surface area contributed by atoms with Gasteiger partial charge in [0.25, 0.3) is 0 Å². The third kappa shape index (κ3) is 3.32. The molecule has 0 saturated carbocycles. The fourth-order valence-corrected chi connectivity index (χ4v) is 2.83. The van der Waals surface area contributed by atoms with Crippen LogP contribution in [-0.2, 0) is 14.3 Å². The van der Waals surface area contributed by atoms with E-state index in [4.69, 9.17) is 4.74 Å². The number of anilines is 1. The van der Waals surface area contributed by atoms with Gasteiger partial charge >= 0.3 is 5.97 Å². The first-order valence-corrected chi connectivity index (χ1v) is 7.74. The average Bonchev–Trinajstić information content (AvgIpc) is 2.42. The Kier molecular flexibility index (Phi) is 4.59. The van der Waals surface area contributed by atoms with Gasteiger partial charge in [-0.05, 0) is 49.7 Å². The summed E-state index contributed by atoms with van der Waals surface area (Å²) >= 11 is 3.43. The highest BCUT2D eigenvalue weighted by Crippen LogP contribution is 2.41. The van der Waals surface area contributed by atoms with E-state index in [1.165, 1.54) is 0 Å². The SMILES string of the molecule is CC1=C(Br)C(=C=O)c2ccccc2N1CC(=O)OC(C)(C)C. The number of nitrogens with zero attached hydrogens (tertiary/aromatic N) is 1. The minimum absolute atomic E-state index is 0.0847. The molecule has 1 aliphatic rings. The number of para-hydroxylation sites is 1. The second-order valence-corrected chi connectivity index (χ2v) is 6.86. The molecule has 116 valence electrons. The van der Waals surface area contributed by atoms with Gasteiger partial charge in [0.2, 0.25) is 0 Å². The first-order chi connectivity index (χ1) is 10.2. The molecule has 1 aromatic rings. The Labute approximate surface area is 138 Å². The van der Waals surface area contributed by atoms with E-state index < -0.39 is 5.60 Å². The first kappa shape index (κ1) is 16.5. The molecule has 1 heterocycles. The van der Waals surface area contributed by atoms with E-state index in [0.29, 0.717) is 10.1 Å². The summed E-state index contributed by atoms with van der Waals surface area (Å²) in [5, 5.41) is 0. The summed E-state index contributed by atoms with van der Waals surface area (Å²) in [7, 11) is 0. The highest BCUT2D eigenvalue weighted by Gasteiger charge is 2.28. The summed E-state index contributed by atoms with van der Waals surface area (Å²) < 4.78 is 6.03. The summed E-state index contributed by atoms with van der Waals surface area (Å²) in [5.41, 5.74) is 2.26. The Hall–Kier alpha value is -1.84. The number of carbonyl (C=O) groups is 1. The molecule has 0 unspecified atom stereocenters. The van der Waals surface area contributed by atoms with Crippen molar-refractivity contribution in [3.05, 3.63) is 40.0 Å². The Morgan fingerprint density at radius 1 is 1.32 bits per heavy atom. The highest BCUT2D eigenvalue weighted by atomic mass is 79.9. The molecule has 1 aliphatic heterocycles. The van der Waals surface area contributed by atoms with Gasteiger partial charge < -0.3 is 9.64 Å². The van der Waals surface area contributed by atoms with Crippen LogP contribution in [0.15, 0.2) is 34.4 Å². The number of halogens is 1. The van der Waals surface area contributed by atoms with Crippen molar-refractivity contribution in [1.29, 1.82) is 0 Å². The Bertz CT molecular complexity index is 694. The lowest BCUT2D eigenvalue weighted by molar-refractivity contribution is -0.152. The smallest absolute Gasteiger partial charge is 0.326 e. The van der Waals surface area contributed by atoms with Gasteiger partial charge in [0.05, 0.1) is 15.7 Å². The zero-order valence-corrected chi connectivity index (χ0v) is 14.7. The lowest BCUT2D eigenvalue weighted by Crippen LogP contribution is -2.36. The number of esters is 1. The molecule has 2 rings (SSSR count). The van der Waals surface area contributed by atoms with Crippen molar-refractivity contribution in [2.75, 3.05) is 11.4 Å². The van der Waals surface area contributed by atoms with Crippen molar-refractivity contribution < 1.29 is 14.3 Å². The van der Waals surface area contributed by atoms with E-state index in [1.807, 2.05) is 62.8 Å². The predicted octanol–water partition coefficient (Wildman–Crippen LogP) is 3.69. The maximum absolute atomic E-state index is 12.2. The minimum Gasteiger partial charge on any atom is -0.459 e. The van der Waals surface area contributed by atoms with E-state index in [0.717, 1.165) is 16.9 Å². The van der Waals surface area contributed by atoms with Gasteiger partial charge in [0, 0.05) is 11.3 Å². The number of carbonyl (C=O) groups excluding carboxylic acids is 2. The summed E-state index contributed by atoms with van der Waals surface area (Å²) in [6.07, 6.45) is 0. The van der Waals surface area contributed by atoms with Crippen molar-refractivity contribution in [2.24, 2.45) is 0 Å². The van der Waals surface area contributed by atoms with Gasteiger partial charge in [-0.3, -0.25) is 4.79 Å². The monoisotopic (exact) mass is 363 g/mol. The second kappa shape index (κ2) is 6.11. The number of benzene rings is 1. The molecule has 0 fully saturated rings. The van der Waals surface area contributed by atoms with Gasteiger partial charge in [-0.1, -0.05) is 18.2 Å². The highest BCUT2D eigenvalue weighted by molar-refractivity contribution is 9.12. The Morgan fingerprint density at radius 3 is 2.55 bits per heavy atom. The topological polar surface area (TPSA) is 46.6 Å². The fraction of sp³-hybridized carbons (Fsp3) is 0.353. The van der Waals surface area contributed by atoms with Crippen molar-refractivity contribution >= 4 is 39.1 Å². The van der Waals surface area contributed by atoms with Crippen LogP contribution in [0.2, 0.25) is 0 Å². The average molecular weight is 364 g/mol. The van der Waals surface area contributed by atoms with Crippen LogP contribution in [0.25, 0.3) is 5.57 Å². The van der Waals surface area contributed by atoms with Gasteiger partial charge in [-0.25, -0.2) is 4.79 Å². The largest absolute Gasteiger partial charge is 0.459 e. The van der Waals surface area contributed by atoms with Crippen LogP contribution in [0.4, 0.5) is 5.69 Å². The van der Waals surface area contributed by atoms with Crippen LogP contribution in [-0.4, -0.2) is 24.1 Å². The molecule has 5 heteroatoms. The lowest BCUT2D eigenvalue weighted by atomic mass is 9.99. The van der Waals surface area contributed by atoms with Crippen LogP contribution in [0, 0.1) is 0 Å². The van der Waals surface area contributed by atoms with E-state index in [-0.39, 0.29) is 12.5 Å². The van der Waals surface area contributed by atoms with E-state index in [2.05, 4.69) is 15.9 Å². The first-order valence-electron chi connectivity index (χ1n) is 6.95. The van der Waals surface area contributed by atoms with Gasteiger partial charge in [-0.2, -0.15) is 0 Å². The molecule has 0 spiro atoms. The lowest BCUT2D eigenvalue weighted by Gasteiger charge is -2.33. The molecule has 0 aliphatic carbocycles. The zero-order valence-electron chi connectivity index (χ0n) is 13.1. The molecule has 22 heavy (non-hydrogen) atoms. The van der Waals surface area contributed by atoms with E-state index in [9.17, 15) is 9.59 Å². The molecule has 0 N–H and O–H groups in total. The molecular formula is C17H18BrNO3. The minimum atomic E-state index is -0.533. The third-order valence-corrected chi connectivity index (χ3v) is 4.19. The van der Waals surface area contributed by atoms with Crippen molar-refractivity contribution in [2.45, 2.75) is 33.3 Å². The molecule has 1 aromatic carbocycles. The second-order valence-electron chi connectivity index (χ2n) is 6.07. The van der Waals surface area contributed by atoms with Crippen molar-refractivity contribution in [3.63, 3.8) is 0 Å². The Balaban J connectivity index is 2.41. The standard InChI is InChI=1S/C17H18BrNO3/c1-11-16(18)13(10-20)12-7-5-6-8-14(12)19(11)9-15(21)22-17(2,3)4/h5-8H,9H2,1-4H3. The summed E-state index contributed by atoms with van der Waals surface area (Å²) in [6, 6.07) is 7.43. The molecule has 0 aromatic heterocycles. The van der Waals surface area contributed by atoms with Crippen LogP contribution >= 0.6 is 15.9 Å². The number of fused-ring (bicyclic) bond motifs is 1. The molecule has 0 radical (unpaired) electrons. The normalized spacial score (nSPS) is 14.6. The number of allylic oxidation sites excluding steroid dienone is 3. The number of rotatable bonds is 2. The zero-order chi connectivity index (χ0) is 16.5. The van der Waals surface area contributed by atoms with Gasteiger partial charge in [0.15, 0.2) is 0 Å². The Morgan fingerprint density at radius 2 is 1.95 bits per heavy atom. The number of hydrogen-bond acceptors (Lipinski definition) is 4. The molecular weight excluding hydrogens is 346 g/mol. The van der Waals surface area contributed by atoms with Crippen molar-refractivity contribution in [1.82, 2.24) is 0 Å².